The van der Waals surface area contributed by atoms with Crippen molar-refractivity contribution in [2.75, 3.05) is 6.61 Å². The third-order valence-corrected chi connectivity index (χ3v) is 2.91. The van der Waals surface area contributed by atoms with Gasteiger partial charge in [0.25, 0.3) is 0 Å². The van der Waals surface area contributed by atoms with Crippen molar-refractivity contribution in [1.82, 2.24) is 5.43 Å². The first-order valence-electron chi connectivity index (χ1n) is 6.91. The van der Waals surface area contributed by atoms with Crippen LogP contribution in [0.4, 0.5) is 5.69 Å². The van der Waals surface area contributed by atoms with E-state index in [1.54, 1.807) is 25.3 Å². The van der Waals surface area contributed by atoms with Crippen molar-refractivity contribution in [3.63, 3.8) is 0 Å². The lowest BCUT2D eigenvalue weighted by Crippen LogP contribution is -2.05. The number of hydrogen-bond acceptors (Lipinski definition) is 5. The molecule has 0 unspecified atom stereocenters. The minimum absolute atomic E-state index is 0.0612. The molecule has 0 saturated heterocycles. The molecular formula is C16H17N3O3. The number of nitro benzene ring substituents is 1. The number of hydrogen-bond donors (Lipinski definition) is 1. The summed E-state index contributed by atoms with van der Waals surface area (Å²) in [7, 11) is 0. The van der Waals surface area contributed by atoms with E-state index in [0.717, 1.165) is 5.56 Å². The van der Waals surface area contributed by atoms with Crippen molar-refractivity contribution < 1.29 is 9.66 Å². The van der Waals surface area contributed by atoms with Crippen molar-refractivity contribution in [3.8, 4) is 5.75 Å². The van der Waals surface area contributed by atoms with Crippen LogP contribution < -0.4 is 10.2 Å². The minimum Gasteiger partial charge on any atom is -0.487 e. The molecule has 0 aliphatic carbocycles. The molecule has 0 spiro atoms. The van der Waals surface area contributed by atoms with Crippen LogP contribution in [0.1, 0.15) is 18.1 Å². The van der Waals surface area contributed by atoms with Crippen LogP contribution in [0.15, 0.2) is 53.6 Å². The van der Waals surface area contributed by atoms with Crippen LogP contribution in [0, 0.1) is 10.1 Å². The van der Waals surface area contributed by atoms with E-state index in [-0.39, 0.29) is 11.4 Å². The number of hydrazone groups is 1. The molecule has 0 bridgehead atoms. The zero-order valence-corrected chi connectivity index (χ0v) is 12.2. The Kier molecular flexibility index (Phi) is 5.48. The monoisotopic (exact) mass is 299 g/mol. The Morgan fingerprint density at radius 2 is 2.05 bits per heavy atom. The van der Waals surface area contributed by atoms with Crippen molar-refractivity contribution in [2.24, 2.45) is 5.10 Å². The largest absolute Gasteiger partial charge is 0.487 e. The molecule has 0 aliphatic heterocycles. The average molecular weight is 299 g/mol. The van der Waals surface area contributed by atoms with Crippen LogP contribution in [0.2, 0.25) is 0 Å². The van der Waals surface area contributed by atoms with Crippen LogP contribution in [0.5, 0.6) is 5.75 Å². The first-order chi connectivity index (χ1) is 10.7. The van der Waals surface area contributed by atoms with Gasteiger partial charge in [-0.05, 0) is 24.6 Å². The Morgan fingerprint density at radius 1 is 1.27 bits per heavy atom. The van der Waals surface area contributed by atoms with Gasteiger partial charge >= 0.3 is 5.69 Å². The summed E-state index contributed by atoms with van der Waals surface area (Å²) >= 11 is 0. The summed E-state index contributed by atoms with van der Waals surface area (Å²) in [5.41, 5.74) is 4.59. The maximum absolute atomic E-state index is 11.0. The van der Waals surface area contributed by atoms with Crippen LogP contribution in [-0.2, 0) is 6.54 Å². The number of benzene rings is 2. The van der Waals surface area contributed by atoms with Gasteiger partial charge in [0, 0.05) is 11.6 Å². The zero-order chi connectivity index (χ0) is 15.8. The van der Waals surface area contributed by atoms with Gasteiger partial charge in [-0.25, -0.2) is 0 Å². The van der Waals surface area contributed by atoms with E-state index < -0.39 is 4.92 Å². The highest BCUT2D eigenvalue weighted by Crippen LogP contribution is 2.27. The normalized spacial score (nSPS) is 10.6. The SMILES string of the molecule is CCOc1ccc(C=NNCc2ccccc2)cc1[N+](=O)[O-]. The van der Waals surface area contributed by atoms with Crippen LogP contribution in [-0.4, -0.2) is 17.7 Å². The van der Waals surface area contributed by atoms with E-state index in [1.807, 2.05) is 30.3 Å². The van der Waals surface area contributed by atoms with Crippen LogP contribution in [0.3, 0.4) is 0 Å². The summed E-state index contributed by atoms with van der Waals surface area (Å²) in [5, 5.41) is 15.1. The third kappa shape index (κ3) is 4.31. The van der Waals surface area contributed by atoms with Gasteiger partial charge in [0.2, 0.25) is 0 Å². The topological polar surface area (TPSA) is 76.8 Å². The maximum Gasteiger partial charge on any atom is 0.311 e. The number of nitrogens with zero attached hydrogens (tertiary/aromatic N) is 2. The Labute approximate surface area is 128 Å². The van der Waals surface area contributed by atoms with E-state index >= 15 is 0 Å². The standard InChI is InChI=1S/C16H17N3O3/c1-2-22-16-9-8-14(10-15(16)19(20)21)12-18-17-11-13-6-4-3-5-7-13/h3-10,12,17H,2,11H2,1H3. The van der Waals surface area contributed by atoms with Crippen molar-refractivity contribution in [1.29, 1.82) is 0 Å². The van der Waals surface area contributed by atoms with E-state index in [2.05, 4.69) is 10.5 Å². The molecule has 2 aromatic rings. The second kappa shape index (κ2) is 7.78. The molecule has 114 valence electrons. The van der Waals surface area contributed by atoms with Crippen molar-refractivity contribution in [2.45, 2.75) is 13.5 Å². The Bertz CT molecular complexity index is 657. The van der Waals surface area contributed by atoms with E-state index in [4.69, 9.17) is 4.74 Å². The number of rotatable bonds is 7. The summed E-state index contributed by atoms with van der Waals surface area (Å²) < 4.78 is 5.23. The molecule has 0 radical (unpaired) electrons. The van der Waals surface area contributed by atoms with Gasteiger partial charge in [-0.2, -0.15) is 5.10 Å². The number of nitro groups is 1. The van der Waals surface area contributed by atoms with Gasteiger partial charge in [-0.3, -0.25) is 10.1 Å². The highest BCUT2D eigenvalue weighted by molar-refractivity contribution is 5.81. The van der Waals surface area contributed by atoms with Crippen LogP contribution in [0.25, 0.3) is 0 Å². The van der Waals surface area contributed by atoms with E-state index in [1.165, 1.54) is 6.07 Å². The number of nitrogens with one attached hydrogen (secondary N) is 1. The van der Waals surface area contributed by atoms with E-state index in [9.17, 15) is 10.1 Å². The average Bonchev–Trinajstić information content (AvgIpc) is 2.54. The lowest BCUT2D eigenvalue weighted by molar-refractivity contribution is -0.385. The van der Waals surface area contributed by atoms with Crippen LogP contribution >= 0.6 is 0 Å². The fraction of sp³-hybridized carbons (Fsp3) is 0.188. The summed E-state index contributed by atoms with van der Waals surface area (Å²) in [6.45, 7) is 2.76. The lowest BCUT2D eigenvalue weighted by atomic mass is 10.2. The van der Waals surface area contributed by atoms with E-state index in [0.29, 0.717) is 18.7 Å². The fourth-order valence-electron chi connectivity index (χ4n) is 1.89. The molecule has 0 saturated carbocycles. The lowest BCUT2D eigenvalue weighted by Gasteiger charge is -2.04. The quantitative estimate of drug-likeness (QED) is 0.484. The molecule has 2 aromatic carbocycles. The smallest absolute Gasteiger partial charge is 0.311 e. The fourth-order valence-corrected chi connectivity index (χ4v) is 1.89. The third-order valence-electron chi connectivity index (χ3n) is 2.91. The molecule has 0 aliphatic rings. The van der Waals surface area contributed by atoms with Gasteiger partial charge in [-0.15, -0.1) is 0 Å². The summed E-state index contributed by atoms with van der Waals surface area (Å²) in [5.74, 6) is 0.266. The maximum atomic E-state index is 11.0. The Hall–Kier alpha value is -2.89. The molecule has 2 rings (SSSR count). The van der Waals surface area contributed by atoms with Gasteiger partial charge < -0.3 is 10.2 Å². The molecule has 0 amide bonds. The molecule has 0 heterocycles. The van der Waals surface area contributed by atoms with Gasteiger partial charge in [0.1, 0.15) is 0 Å². The highest BCUT2D eigenvalue weighted by atomic mass is 16.6. The second-order valence-electron chi connectivity index (χ2n) is 4.50. The van der Waals surface area contributed by atoms with Crippen molar-refractivity contribution >= 4 is 11.9 Å². The van der Waals surface area contributed by atoms with Crippen molar-refractivity contribution in [3.05, 3.63) is 69.8 Å². The molecule has 6 heteroatoms. The summed E-state index contributed by atoms with van der Waals surface area (Å²) in [6.07, 6.45) is 1.55. The molecule has 0 atom stereocenters. The molecule has 22 heavy (non-hydrogen) atoms. The molecular weight excluding hydrogens is 282 g/mol. The van der Waals surface area contributed by atoms with Gasteiger partial charge in [0.05, 0.1) is 24.3 Å². The molecule has 1 N–H and O–H groups in total. The summed E-state index contributed by atoms with van der Waals surface area (Å²) in [6, 6.07) is 14.6. The molecule has 0 aromatic heterocycles. The highest BCUT2D eigenvalue weighted by Gasteiger charge is 2.14. The number of ether oxygens (including phenoxy) is 1. The Morgan fingerprint density at radius 3 is 2.73 bits per heavy atom. The Balaban J connectivity index is 2.01. The molecule has 0 fully saturated rings. The summed E-state index contributed by atoms with van der Waals surface area (Å²) in [4.78, 5) is 10.6. The molecule has 6 nitrogen and oxygen atoms in total. The minimum atomic E-state index is -0.459. The first kappa shape index (κ1) is 15.5. The second-order valence-corrected chi connectivity index (χ2v) is 4.50. The zero-order valence-electron chi connectivity index (χ0n) is 12.2. The van der Waals surface area contributed by atoms with Gasteiger partial charge in [-0.1, -0.05) is 30.3 Å². The van der Waals surface area contributed by atoms with Gasteiger partial charge in [0.15, 0.2) is 5.75 Å². The first-order valence-corrected chi connectivity index (χ1v) is 6.91. The predicted octanol–water partition coefficient (Wildman–Crippen LogP) is 3.12. The predicted molar refractivity (Wildman–Crippen MR) is 85.1 cm³/mol.